The van der Waals surface area contributed by atoms with E-state index in [0.29, 0.717) is 0 Å². The summed E-state index contributed by atoms with van der Waals surface area (Å²) in [6.45, 7) is 12.4. The maximum atomic E-state index is 4.30. The average Bonchev–Trinajstić information content (AvgIpc) is 2.59. The minimum absolute atomic E-state index is 0.878. The zero-order valence-corrected chi connectivity index (χ0v) is 15.9. The SMILES string of the molecule is C=C/C=C\C=C(\C)C/C=C(\CC)c1ccc(C(=C)CC2CCC2)cc1. The largest absolute Gasteiger partial charge is 0.0991 e. The van der Waals surface area contributed by atoms with E-state index in [1.54, 1.807) is 6.08 Å². The molecule has 0 amide bonds. The lowest BCUT2D eigenvalue weighted by Gasteiger charge is -2.26. The van der Waals surface area contributed by atoms with Crippen LogP contribution in [0.2, 0.25) is 0 Å². The molecule has 0 radical (unpaired) electrons. The molecule has 1 aliphatic rings. The van der Waals surface area contributed by atoms with Gasteiger partial charge in [-0.2, -0.15) is 0 Å². The van der Waals surface area contributed by atoms with E-state index in [1.165, 1.54) is 47.1 Å². The first-order valence-corrected chi connectivity index (χ1v) is 9.56. The summed E-state index contributed by atoms with van der Waals surface area (Å²) in [6, 6.07) is 9.01. The molecule has 2 rings (SSSR count). The van der Waals surface area contributed by atoms with Gasteiger partial charge in [0.05, 0.1) is 0 Å². The third-order valence-electron chi connectivity index (χ3n) is 5.10. The maximum Gasteiger partial charge on any atom is -0.0132 e. The van der Waals surface area contributed by atoms with E-state index in [4.69, 9.17) is 0 Å². The Morgan fingerprint density at radius 1 is 1.12 bits per heavy atom. The molecule has 0 N–H and O–H groups in total. The monoisotopic (exact) mass is 332 g/mol. The number of hydrogen-bond donors (Lipinski definition) is 0. The fourth-order valence-electron chi connectivity index (χ4n) is 3.20. The fourth-order valence-corrected chi connectivity index (χ4v) is 3.20. The highest BCUT2D eigenvalue weighted by Gasteiger charge is 2.18. The second-order valence-electron chi connectivity index (χ2n) is 7.10. The second-order valence-corrected chi connectivity index (χ2v) is 7.10. The van der Waals surface area contributed by atoms with Crippen LogP contribution < -0.4 is 0 Å². The summed E-state index contributed by atoms with van der Waals surface area (Å²) in [4.78, 5) is 0. The van der Waals surface area contributed by atoms with Gasteiger partial charge in [-0.25, -0.2) is 0 Å². The zero-order chi connectivity index (χ0) is 18.1. The summed E-state index contributed by atoms with van der Waals surface area (Å²) >= 11 is 0. The van der Waals surface area contributed by atoms with E-state index in [-0.39, 0.29) is 0 Å². The summed E-state index contributed by atoms with van der Waals surface area (Å²) in [7, 11) is 0. The molecule has 0 atom stereocenters. The smallest absolute Gasteiger partial charge is 0.0132 e. The van der Waals surface area contributed by atoms with Crippen LogP contribution in [0.15, 0.2) is 73.4 Å². The van der Waals surface area contributed by atoms with E-state index in [2.05, 4.69) is 63.4 Å². The third kappa shape index (κ3) is 6.05. The molecule has 0 bridgehead atoms. The molecular weight excluding hydrogens is 300 g/mol. The molecule has 1 aliphatic carbocycles. The van der Waals surface area contributed by atoms with Crippen molar-refractivity contribution in [3.63, 3.8) is 0 Å². The first-order valence-electron chi connectivity index (χ1n) is 9.56. The predicted octanol–water partition coefficient (Wildman–Crippen LogP) is 7.76. The molecule has 1 aromatic rings. The predicted molar refractivity (Wildman–Crippen MR) is 113 cm³/mol. The Bertz CT molecular complexity index is 660. The van der Waals surface area contributed by atoms with Gasteiger partial charge < -0.3 is 0 Å². The van der Waals surface area contributed by atoms with Crippen molar-refractivity contribution in [3.05, 3.63) is 84.5 Å². The molecule has 1 saturated carbocycles. The minimum atomic E-state index is 0.878. The summed E-state index contributed by atoms with van der Waals surface area (Å²) in [6.07, 6.45) is 17.7. The normalized spacial score (nSPS) is 16.1. The number of hydrogen-bond acceptors (Lipinski definition) is 0. The molecule has 0 saturated heterocycles. The van der Waals surface area contributed by atoms with Crippen molar-refractivity contribution in [2.45, 2.75) is 52.4 Å². The van der Waals surface area contributed by atoms with Gasteiger partial charge in [0.15, 0.2) is 0 Å². The van der Waals surface area contributed by atoms with Crippen molar-refractivity contribution < 1.29 is 0 Å². The van der Waals surface area contributed by atoms with Crippen molar-refractivity contribution in [3.8, 4) is 0 Å². The molecule has 0 aromatic heterocycles. The van der Waals surface area contributed by atoms with E-state index in [1.807, 2.05) is 12.2 Å². The molecule has 132 valence electrons. The lowest BCUT2D eigenvalue weighted by molar-refractivity contribution is 0.323. The summed E-state index contributed by atoms with van der Waals surface area (Å²) in [5.74, 6) is 0.878. The maximum absolute atomic E-state index is 4.30. The Balaban J connectivity index is 2.00. The molecule has 0 spiro atoms. The Hall–Kier alpha value is -2.08. The van der Waals surface area contributed by atoms with Crippen LogP contribution in [0.1, 0.15) is 63.5 Å². The highest BCUT2D eigenvalue weighted by molar-refractivity contribution is 5.70. The molecular formula is C25H32. The van der Waals surface area contributed by atoms with Gasteiger partial charge in [0, 0.05) is 0 Å². The van der Waals surface area contributed by atoms with Crippen molar-refractivity contribution in [1.29, 1.82) is 0 Å². The molecule has 1 fully saturated rings. The summed E-state index contributed by atoms with van der Waals surface area (Å²) in [5, 5.41) is 0. The van der Waals surface area contributed by atoms with Gasteiger partial charge in [-0.05, 0) is 54.4 Å². The third-order valence-corrected chi connectivity index (χ3v) is 5.10. The van der Waals surface area contributed by atoms with Crippen LogP contribution in [0.25, 0.3) is 11.1 Å². The van der Waals surface area contributed by atoms with E-state index >= 15 is 0 Å². The van der Waals surface area contributed by atoms with Crippen LogP contribution in [0.4, 0.5) is 0 Å². The van der Waals surface area contributed by atoms with Crippen molar-refractivity contribution >= 4 is 11.1 Å². The zero-order valence-electron chi connectivity index (χ0n) is 15.9. The lowest BCUT2D eigenvalue weighted by Crippen LogP contribution is -2.10. The van der Waals surface area contributed by atoms with Crippen LogP contribution in [-0.2, 0) is 0 Å². The standard InChI is InChI=1S/C25H32/c1-5-7-8-10-20(3)13-14-23(6-2)25-17-15-24(16-18-25)21(4)19-22-11-9-12-22/h5,7-8,10,14-18,22H,1,4,6,9,11-13,19H2,2-3H3/b8-7-,20-10-,23-14+. The average molecular weight is 333 g/mol. The Morgan fingerprint density at radius 2 is 1.80 bits per heavy atom. The van der Waals surface area contributed by atoms with Gasteiger partial charge in [-0.15, -0.1) is 0 Å². The quantitative estimate of drug-likeness (QED) is 0.405. The second kappa shape index (κ2) is 10.0. The van der Waals surface area contributed by atoms with E-state index in [9.17, 15) is 0 Å². The van der Waals surface area contributed by atoms with Crippen LogP contribution >= 0.6 is 0 Å². The van der Waals surface area contributed by atoms with Gasteiger partial charge in [0.25, 0.3) is 0 Å². The number of rotatable bonds is 9. The highest BCUT2D eigenvalue weighted by atomic mass is 14.2. The molecule has 1 aromatic carbocycles. The Kier molecular flexibility index (Phi) is 7.73. The van der Waals surface area contributed by atoms with Gasteiger partial charge in [0.1, 0.15) is 0 Å². The fraction of sp³-hybridized carbons (Fsp3) is 0.360. The Labute approximate surface area is 154 Å². The van der Waals surface area contributed by atoms with E-state index < -0.39 is 0 Å². The van der Waals surface area contributed by atoms with Crippen LogP contribution in [0.3, 0.4) is 0 Å². The van der Waals surface area contributed by atoms with Crippen molar-refractivity contribution in [1.82, 2.24) is 0 Å². The van der Waals surface area contributed by atoms with Gasteiger partial charge in [-0.3, -0.25) is 0 Å². The van der Waals surface area contributed by atoms with Crippen molar-refractivity contribution in [2.24, 2.45) is 5.92 Å². The van der Waals surface area contributed by atoms with Crippen LogP contribution in [0, 0.1) is 5.92 Å². The van der Waals surface area contributed by atoms with Crippen molar-refractivity contribution in [2.75, 3.05) is 0 Å². The molecule has 0 nitrogen and oxygen atoms in total. The van der Waals surface area contributed by atoms with Gasteiger partial charge in [-0.1, -0.05) is 99.6 Å². The summed E-state index contributed by atoms with van der Waals surface area (Å²) < 4.78 is 0. The van der Waals surface area contributed by atoms with Gasteiger partial charge in [0.2, 0.25) is 0 Å². The van der Waals surface area contributed by atoms with Gasteiger partial charge >= 0.3 is 0 Å². The highest BCUT2D eigenvalue weighted by Crippen LogP contribution is 2.34. The summed E-state index contributed by atoms with van der Waals surface area (Å²) in [5.41, 5.74) is 6.70. The minimum Gasteiger partial charge on any atom is -0.0991 e. The van der Waals surface area contributed by atoms with E-state index in [0.717, 1.165) is 25.2 Å². The molecule has 0 unspecified atom stereocenters. The molecule has 0 aliphatic heterocycles. The first-order chi connectivity index (χ1) is 12.1. The molecule has 0 heteroatoms. The molecule has 25 heavy (non-hydrogen) atoms. The first kappa shape index (κ1) is 19.2. The Morgan fingerprint density at radius 3 is 2.36 bits per heavy atom. The number of allylic oxidation sites excluding steroid dienone is 8. The topological polar surface area (TPSA) is 0 Å². The number of benzene rings is 1. The molecule has 0 heterocycles. The van der Waals surface area contributed by atoms with Crippen LogP contribution in [0.5, 0.6) is 0 Å². The lowest BCUT2D eigenvalue weighted by atomic mass is 9.80. The van der Waals surface area contributed by atoms with Crippen LogP contribution in [-0.4, -0.2) is 0 Å².